The smallest absolute Gasteiger partial charge is 0.0537 e. The van der Waals surface area contributed by atoms with Crippen molar-refractivity contribution >= 4 is 11.6 Å². The lowest BCUT2D eigenvalue weighted by molar-refractivity contribution is 0.319. The second-order valence-corrected chi connectivity index (χ2v) is 5.35. The van der Waals surface area contributed by atoms with Crippen LogP contribution in [0.5, 0.6) is 0 Å². The van der Waals surface area contributed by atoms with Crippen molar-refractivity contribution in [1.82, 2.24) is 9.78 Å². The SMILES string of the molecule is CC(C)c1c(CCl)cnn1C1CCCCC1. The molecule has 0 aromatic carbocycles. The van der Waals surface area contributed by atoms with E-state index in [1.165, 1.54) is 43.4 Å². The first-order valence-corrected chi connectivity index (χ1v) is 6.89. The topological polar surface area (TPSA) is 17.8 Å². The molecule has 1 aromatic rings. The summed E-state index contributed by atoms with van der Waals surface area (Å²) in [7, 11) is 0. The second-order valence-electron chi connectivity index (χ2n) is 5.08. The van der Waals surface area contributed by atoms with Crippen molar-refractivity contribution < 1.29 is 0 Å². The minimum Gasteiger partial charge on any atom is -0.266 e. The molecule has 3 heteroatoms. The third-order valence-corrected chi connectivity index (χ3v) is 3.81. The Morgan fingerprint density at radius 2 is 2.06 bits per heavy atom. The van der Waals surface area contributed by atoms with Gasteiger partial charge < -0.3 is 0 Å². The Kier molecular flexibility index (Phi) is 3.91. The van der Waals surface area contributed by atoms with Crippen LogP contribution in [0.15, 0.2) is 6.20 Å². The summed E-state index contributed by atoms with van der Waals surface area (Å²) in [6.45, 7) is 4.46. The van der Waals surface area contributed by atoms with Crippen molar-refractivity contribution in [3.63, 3.8) is 0 Å². The minimum atomic E-state index is 0.512. The van der Waals surface area contributed by atoms with Crippen molar-refractivity contribution in [2.75, 3.05) is 0 Å². The Bertz CT molecular complexity index is 338. The quantitative estimate of drug-likeness (QED) is 0.723. The Morgan fingerprint density at radius 1 is 1.38 bits per heavy atom. The van der Waals surface area contributed by atoms with Crippen LogP contribution in [0, 0.1) is 0 Å². The maximum absolute atomic E-state index is 5.98. The van der Waals surface area contributed by atoms with E-state index in [2.05, 4.69) is 23.6 Å². The molecule has 0 spiro atoms. The van der Waals surface area contributed by atoms with E-state index in [4.69, 9.17) is 11.6 Å². The molecule has 1 aliphatic rings. The maximum Gasteiger partial charge on any atom is 0.0537 e. The highest BCUT2D eigenvalue weighted by Gasteiger charge is 2.21. The predicted octanol–water partition coefficient (Wildman–Crippen LogP) is 4.25. The van der Waals surface area contributed by atoms with Gasteiger partial charge in [-0.25, -0.2) is 0 Å². The van der Waals surface area contributed by atoms with Gasteiger partial charge in [0.2, 0.25) is 0 Å². The van der Waals surface area contributed by atoms with Crippen LogP contribution in [0.1, 0.15) is 69.2 Å². The minimum absolute atomic E-state index is 0.512. The molecule has 0 aliphatic heterocycles. The molecule has 2 nitrogen and oxygen atoms in total. The van der Waals surface area contributed by atoms with Crippen LogP contribution >= 0.6 is 11.6 Å². The molecule has 1 heterocycles. The van der Waals surface area contributed by atoms with Crippen molar-refractivity contribution in [2.24, 2.45) is 0 Å². The van der Waals surface area contributed by atoms with Crippen molar-refractivity contribution in [3.8, 4) is 0 Å². The van der Waals surface area contributed by atoms with Gasteiger partial charge in [0.15, 0.2) is 0 Å². The number of hydrogen-bond acceptors (Lipinski definition) is 1. The lowest BCUT2D eigenvalue weighted by Gasteiger charge is -2.25. The molecular weight excluding hydrogens is 220 g/mol. The Labute approximate surface area is 103 Å². The first-order chi connectivity index (χ1) is 7.74. The summed E-state index contributed by atoms with van der Waals surface area (Å²) in [6.07, 6.45) is 8.59. The molecule has 1 fully saturated rings. The third-order valence-electron chi connectivity index (χ3n) is 3.53. The molecule has 1 saturated carbocycles. The average Bonchev–Trinajstić information content (AvgIpc) is 2.73. The second kappa shape index (κ2) is 5.22. The Hall–Kier alpha value is -0.500. The van der Waals surface area contributed by atoms with E-state index < -0.39 is 0 Å². The first kappa shape index (κ1) is 12.0. The van der Waals surface area contributed by atoms with E-state index in [0.717, 1.165) is 0 Å². The van der Waals surface area contributed by atoms with Crippen LogP contribution in [0.2, 0.25) is 0 Å². The number of alkyl halides is 1. The molecule has 1 aliphatic carbocycles. The number of aromatic nitrogens is 2. The Balaban J connectivity index is 2.28. The standard InChI is InChI=1S/C13H21ClN2/c1-10(2)13-11(8-14)9-15-16(13)12-6-4-3-5-7-12/h9-10,12H,3-8H2,1-2H3. The lowest BCUT2D eigenvalue weighted by Crippen LogP contribution is -2.17. The summed E-state index contributed by atoms with van der Waals surface area (Å²) in [5.74, 6) is 1.10. The molecule has 16 heavy (non-hydrogen) atoms. The fourth-order valence-electron chi connectivity index (χ4n) is 2.76. The van der Waals surface area contributed by atoms with Gasteiger partial charge in [0.25, 0.3) is 0 Å². The van der Waals surface area contributed by atoms with Crippen LogP contribution < -0.4 is 0 Å². The Morgan fingerprint density at radius 3 is 2.62 bits per heavy atom. The molecule has 0 atom stereocenters. The zero-order chi connectivity index (χ0) is 11.5. The highest BCUT2D eigenvalue weighted by Crippen LogP contribution is 2.32. The summed E-state index contributed by atoms with van der Waals surface area (Å²) in [6, 6.07) is 0.614. The van der Waals surface area contributed by atoms with E-state index in [0.29, 0.717) is 17.8 Å². The molecule has 0 amide bonds. The number of hydrogen-bond donors (Lipinski definition) is 0. The highest BCUT2D eigenvalue weighted by molar-refractivity contribution is 6.17. The molecule has 90 valence electrons. The highest BCUT2D eigenvalue weighted by atomic mass is 35.5. The van der Waals surface area contributed by atoms with Gasteiger partial charge in [-0.3, -0.25) is 4.68 Å². The first-order valence-electron chi connectivity index (χ1n) is 6.36. The lowest BCUT2D eigenvalue weighted by atomic mass is 9.94. The predicted molar refractivity (Wildman–Crippen MR) is 68.0 cm³/mol. The average molecular weight is 241 g/mol. The van der Waals surface area contributed by atoms with Gasteiger partial charge in [0.1, 0.15) is 0 Å². The number of rotatable bonds is 3. The fourth-order valence-corrected chi connectivity index (χ4v) is 2.97. The molecule has 0 N–H and O–H groups in total. The fraction of sp³-hybridized carbons (Fsp3) is 0.769. The van der Waals surface area contributed by atoms with E-state index in [-0.39, 0.29) is 0 Å². The summed E-state index contributed by atoms with van der Waals surface area (Å²) >= 11 is 5.98. The largest absolute Gasteiger partial charge is 0.266 e. The molecule has 0 saturated heterocycles. The van der Waals surface area contributed by atoms with E-state index in [1.54, 1.807) is 0 Å². The van der Waals surface area contributed by atoms with Gasteiger partial charge in [0, 0.05) is 11.3 Å². The van der Waals surface area contributed by atoms with Gasteiger partial charge in [-0.15, -0.1) is 11.6 Å². The van der Waals surface area contributed by atoms with E-state index in [9.17, 15) is 0 Å². The van der Waals surface area contributed by atoms with Crippen molar-refractivity contribution in [2.45, 2.75) is 63.8 Å². The van der Waals surface area contributed by atoms with Crippen molar-refractivity contribution in [1.29, 1.82) is 0 Å². The molecule has 2 rings (SSSR count). The van der Waals surface area contributed by atoms with Crippen LogP contribution in [-0.4, -0.2) is 9.78 Å². The normalized spacial score (nSPS) is 18.2. The van der Waals surface area contributed by atoms with E-state index in [1.807, 2.05) is 6.20 Å². The summed E-state index contributed by atoms with van der Waals surface area (Å²) < 4.78 is 2.25. The zero-order valence-electron chi connectivity index (χ0n) is 10.2. The summed E-state index contributed by atoms with van der Waals surface area (Å²) in [4.78, 5) is 0. The van der Waals surface area contributed by atoms with Gasteiger partial charge in [-0.2, -0.15) is 5.10 Å². The van der Waals surface area contributed by atoms with Crippen LogP contribution in [0.25, 0.3) is 0 Å². The van der Waals surface area contributed by atoms with Crippen LogP contribution in [0.4, 0.5) is 0 Å². The van der Waals surface area contributed by atoms with Gasteiger partial charge in [-0.1, -0.05) is 33.1 Å². The maximum atomic E-state index is 5.98. The van der Waals surface area contributed by atoms with Gasteiger partial charge in [0.05, 0.1) is 18.1 Å². The van der Waals surface area contributed by atoms with E-state index >= 15 is 0 Å². The van der Waals surface area contributed by atoms with Crippen LogP contribution in [0.3, 0.4) is 0 Å². The molecular formula is C13H21ClN2. The van der Waals surface area contributed by atoms with Gasteiger partial charge >= 0.3 is 0 Å². The number of halogens is 1. The number of nitrogens with zero attached hydrogens (tertiary/aromatic N) is 2. The molecule has 0 bridgehead atoms. The monoisotopic (exact) mass is 240 g/mol. The summed E-state index contributed by atoms with van der Waals surface area (Å²) in [5.41, 5.74) is 2.56. The molecule has 0 radical (unpaired) electrons. The zero-order valence-corrected chi connectivity index (χ0v) is 11.0. The third kappa shape index (κ3) is 2.27. The summed E-state index contributed by atoms with van der Waals surface area (Å²) in [5, 5.41) is 4.56. The van der Waals surface area contributed by atoms with Gasteiger partial charge in [-0.05, 0) is 18.8 Å². The molecule has 0 unspecified atom stereocenters. The molecule has 1 aromatic heterocycles. The van der Waals surface area contributed by atoms with Crippen molar-refractivity contribution in [3.05, 3.63) is 17.5 Å². The van der Waals surface area contributed by atoms with Crippen LogP contribution in [-0.2, 0) is 5.88 Å².